The molecule has 0 atom stereocenters. The Morgan fingerprint density at radius 3 is 2.41 bits per heavy atom. The highest BCUT2D eigenvalue weighted by atomic mass is 16.5. The molecule has 0 aliphatic heterocycles. The van der Waals surface area contributed by atoms with E-state index in [9.17, 15) is 15.0 Å². The zero-order valence-corrected chi connectivity index (χ0v) is 15.0. The number of nitrogens with zero attached hydrogens (tertiary/aromatic N) is 4. The Labute approximate surface area is 155 Å². The van der Waals surface area contributed by atoms with Gasteiger partial charge >= 0.3 is 5.97 Å². The molecule has 0 radical (unpaired) electrons. The van der Waals surface area contributed by atoms with Gasteiger partial charge in [0.1, 0.15) is 11.4 Å². The number of aryl methyl sites for hydroxylation is 2. The monoisotopic (exact) mass is 366 g/mol. The van der Waals surface area contributed by atoms with Crippen molar-refractivity contribution in [3.8, 4) is 17.3 Å². The number of esters is 1. The lowest BCUT2D eigenvalue weighted by molar-refractivity contribution is 0.0600. The van der Waals surface area contributed by atoms with Crippen LogP contribution in [0.2, 0.25) is 0 Å². The lowest BCUT2D eigenvalue weighted by Gasteiger charge is -2.03. The van der Waals surface area contributed by atoms with Crippen molar-refractivity contribution < 1.29 is 19.7 Å². The van der Waals surface area contributed by atoms with Crippen LogP contribution < -0.4 is 0 Å². The number of methoxy groups -OCH3 is 1. The average Bonchev–Trinajstić information content (AvgIpc) is 2.94. The Hall–Kier alpha value is -3.68. The largest absolute Gasteiger partial charge is 0.506 e. The van der Waals surface area contributed by atoms with Gasteiger partial charge in [-0.25, -0.2) is 4.79 Å². The number of hydrogen-bond donors (Lipinski definition) is 2. The van der Waals surface area contributed by atoms with Gasteiger partial charge in [0.2, 0.25) is 5.88 Å². The van der Waals surface area contributed by atoms with Crippen molar-refractivity contribution in [3.63, 3.8) is 0 Å². The smallest absolute Gasteiger partial charge is 0.337 e. The van der Waals surface area contributed by atoms with Gasteiger partial charge in [-0.3, -0.25) is 0 Å². The van der Waals surface area contributed by atoms with Crippen LogP contribution in [0, 0.1) is 13.8 Å². The van der Waals surface area contributed by atoms with Crippen LogP contribution in [0.15, 0.2) is 52.7 Å². The molecule has 1 heterocycles. The third kappa shape index (κ3) is 3.64. The summed E-state index contributed by atoms with van der Waals surface area (Å²) in [6.07, 6.45) is 0. The van der Waals surface area contributed by atoms with E-state index >= 15 is 0 Å². The van der Waals surface area contributed by atoms with Crippen molar-refractivity contribution in [1.29, 1.82) is 0 Å². The summed E-state index contributed by atoms with van der Waals surface area (Å²) in [5.41, 5.74) is 2.78. The molecule has 1 aromatic heterocycles. The van der Waals surface area contributed by atoms with Gasteiger partial charge in [-0.15, -0.1) is 10.2 Å². The minimum absolute atomic E-state index is 0.143. The molecule has 0 saturated heterocycles. The van der Waals surface area contributed by atoms with Crippen LogP contribution in [0.4, 0.5) is 11.4 Å². The molecular formula is C19H18N4O4. The SMILES string of the molecule is COC(=O)c1ccc(N=Nc2c(C)nn(-c3ccc(C)cc3)c2O)c(O)c1. The van der Waals surface area contributed by atoms with Gasteiger partial charge in [-0.05, 0) is 44.2 Å². The molecule has 2 aromatic carbocycles. The Kier molecular flexibility index (Phi) is 4.89. The molecule has 3 rings (SSSR count). The lowest BCUT2D eigenvalue weighted by atomic mass is 10.2. The van der Waals surface area contributed by atoms with E-state index < -0.39 is 5.97 Å². The Balaban J connectivity index is 1.92. The van der Waals surface area contributed by atoms with Crippen LogP contribution in [0.3, 0.4) is 0 Å². The second kappa shape index (κ2) is 7.28. The third-order valence-electron chi connectivity index (χ3n) is 3.94. The normalized spacial score (nSPS) is 11.1. The van der Waals surface area contributed by atoms with Crippen LogP contribution in [0.25, 0.3) is 5.69 Å². The van der Waals surface area contributed by atoms with Gasteiger partial charge < -0.3 is 14.9 Å². The maximum Gasteiger partial charge on any atom is 0.337 e. The molecule has 2 N–H and O–H groups in total. The quantitative estimate of drug-likeness (QED) is 0.533. The van der Waals surface area contributed by atoms with Crippen molar-refractivity contribution in [2.24, 2.45) is 10.2 Å². The van der Waals surface area contributed by atoms with Crippen molar-refractivity contribution in [2.75, 3.05) is 7.11 Å². The van der Waals surface area contributed by atoms with Crippen LogP contribution in [0.5, 0.6) is 11.6 Å². The number of hydrogen-bond acceptors (Lipinski definition) is 7. The second-order valence-electron chi connectivity index (χ2n) is 5.90. The van der Waals surface area contributed by atoms with E-state index in [4.69, 9.17) is 0 Å². The molecule has 0 fully saturated rings. The maximum atomic E-state index is 11.5. The number of azo groups is 1. The zero-order valence-electron chi connectivity index (χ0n) is 15.0. The first-order valence-corrected chi connectivity index (χ1v) is 8.09. The molecule has 0 spiro atoms. The van der Waals surface area contributed by atoms with Gasteiger partial charge in [0.05, 0.1) is 24.1 Å². The van der Waals surface area contributed by atoms with Crippen molar-refractivity contribution in [1.82, 2.24) is 9.78 Å². The number of phenolic OH excluding ortho intramolecular Hbond substituents is 1. The van der Waals surface area contributed by atoms with Crippen molar-refractivity contribution in [2.45, 2.75) is 13.8 Å². The van der Waals surface area contributed by atoms with E-state index in [0.717, 1.165) is 5.56 Å². The molecule has 0 saturated carbocycles. The number of carbonyl (C=O) groups excluding carboxylic acids is 1. The molecule has 8 nitrogen and oxygen atoms in total. The van der Waals surface area contributed by atoms with Crippen LogP contribution in [-0.4, -0.2) is 33.1 Å². The Morgan fingerprint density at radius 1 is 1.07 bits per heavy atom. The number of ether oxygens (including phenoxy) is 1. The molecule has 0 aliphatic rings. The highest BCUT2D eigenvalue weighted by molar-refractivity contribution is 5.90. The summed E-state index contributed by atoms with van der Waals surface area (Å²) in [5.74, 6) is -0.961. The zero-order chi connectivity index (χ0) is 19.6. The van der Waals surface area contributed by atoms with E-state index in [0.29, 0.717) is 11.4 Å². The molecule has 3 aromatic rings. The molecule has 0 bridgehead atoms. The predicted molar refractivity (Wildman–Crippen MR) is 98.3 cm³/mol. The number of phenols is 1. The highest BCUT2D eigenvalue weighted by Gasteiger charge is 2.16. The first-order chi connectivity index (χ1) is 12.9. The minimum atomic E-state index is -0.568. The first-order valence-electron chi connectivity index (χ1n) is 8.09. The van der Waals surface area contributed by atoms with Gasteiger partial charge in [0.25, 0.3) is 0 Å². The summed E-state index contributed by atoms with van der Waals surface area (Å²) in [4.78, 5) is 11.5. The fourth-order valence-electron chi connectivity index (χ4n) is 2.45. The average molecular weight is 366 g/mol. The summed E-state index contributed by atoms with van der Waals surface area (Å²) in [6, 6.07) is 11.6. The van der Waals surface area contributed by atoms with E-state index in [1.54, 1.807) is 6.92 Å². The van der Waals surface area contributed by atoms with Crippen molar-refractivity contribution >= 4 is 17.3 Å². The van der Waals surface area contributed by atoms with E-state index in [1.165, 1.54) is 30.0 Å². The number of aromatic hydroxyl groups is 2. The number of benzene rings is 2. The molecule has 138 valence electrons. The van der Waals surface area contributed by atoms with Gasteiger partial charge in [0, 0.05) is 0 Å². The molecule has 0 aliphatic carbocycles. The summed E-state index contributed by atoms with van der Waals surface area (Å²) >= 11 is 0. The fourth-order valence-corrected chi connectivity index (χ4v) is 2.45. The van der Waals surface area contributed by atoms with E-state index in [2.05, 4.69) is 20.1 Å². The standard InChI is InChI=1S/C19H18N4O4/c1-11-4-7-14(8-5-11)23-18(25)17(12(2)22-23)21-20-15-9-6-13(10-16(15)24)19(26)27-3/h4-10,24-25H,1-3H3. The van der Waals surface area contributed by atoms with Crippen molar-refractivity contribution in [3.05, 3.63) is 59.3 Å². The van der Waals surface area contributed by atoms with E-state index in [-0.39, 0.29) is 28.6 Å². The molecule has 8 heteroatoms. The van der Waals surface area contributed by atoms with Crippen LogP contribution >= 0.6 is 0 Å². The first kappa shape index (κ1) is 18.1. The third-order valence-corrected chi connectivity index (χ3v) is 3.94. The van der Waals surface area contributed by atoms with Gasteiger partial charge in [0.15, 0.2) is 5.69 Å². The lowest BCUT2D eigenvalue weighted by Crippen LogP contribution is -2.00. The molecule has 0 unspecified atom stereocenters. The molecular weight excluding hydrogens is 348 g/mol. The fraction of sp³-hybridized carbons (Fsp3) is 0.158. The molecule has 0 amide bonds. The van der Waals surface area contributed by atoms with Crippen LogP contribution in [0.1, 0.15) is 21.6 Å². The molecule has 27 heavy (non-hydrogen) atoms. The summed E-state index contributed by atoms with van der Waals surface area (Å²) in [5, 5.41) is 32.7. The van der Waals surface area contributed by atoms with E-state index in [1.807, 2.05) is 31.2 Å². The Morgan fingerprint density at radius 2 is 1.78 bits per heavy atom. The topological polar surface area (TPSA) is 109 Å². The number of carbonyl (C=O) groups is 1. The maximum absolute atomic E-state index is 11.5. The van der Waals surface area contributed by atoms with Gasteiger partial charge in [-0.2, -0.15) is 9.78 Å². The number of rotatable bonds is 4. The predicted octanol–water partition coefficient (Wildman–Crippen LogP) is 4.10. The summed E-state index contributed by atoms with van der Waals surface area (Å²) < 4.78 is 5.96. The second-order valence-corrected chi connectivity index (χ2v) is 5.90. The van der Waals surface area contributed by atoms with Crippen LogP contribution in [-0.2, 0) is 4.74 Å². The highest BCUT2D eigenvalue weighted by Crippen LogP contribution is 2.35. The summed E-state index contributed by atoms with van der Waals surface area (Å²) in [6.45, 7) is 3.66. The van der Waals surface area contributed by atoms with Gasteiger partial charge in [-0.1, -0.05) is 17.7 Å². The minimum Gasteiger partial charge on any atom is -0.506 e. The summed E-state index contributed by atoms with van der Waals surface area (Å²) in [7, 11) is 1.25. The Bertz CT molecular complexity index is 1020. The number of aromatic nitrogens is 2.